The SMILES string of the molecule is CCCCCCCCCCCCC(CC(=O)OC)(CC(=O)OC)c1coc([Si](C)(C)C)c1. The summed E-state index contributed by atoms with van der Waals surface area (Å²) in [5, 5.41) is 0.981. The smallest absolute Gasteiger partial charge is 0.306 e. The molecular formula is C26H46O5Si. The first-order valence-electron chi connectivity index (χ1n) is 12.4. The van der Waals surface area contributed by atoms with Crippen LogP contribution in [0.5, 0.6) is 0 Å². The minimum atomic E-state index is -1.65. The maximum Gasteiger partial charge on any atom is 0.306 e. The highest BCUT2D eigenvalue weighted by Crippen LogP contribution is 2.38. The number of carbonyl (C=O) groups excluding carboxylic acids is 2. The van der Waals surface area contributed by atoms with Crippen molar-refractivity contribution in [3.63, 3.8) is 0 Å². The lowest BCUT2D eigenvalue weighted by Gasteiger charge is -2.31. The van der Waals surface area contributed by atoms with Gasteiger partial charge in [-0.15, -0.1) is 0 Å². The van der Waals surface area contributed by atoms with Gasteiger partial charge in [0.05, 0.1) is 38.7 Å². The van der Waals surface area contributed by atoms with Gasteiger partial charge >= 0.3 is 11.9 Å². The Bertz CT molecular complexity index is 656. The van der Waals surface area contributed by atoms with E-state index < -0.39 is 13.5 Å². The van der Waals surface area contributed by atoms with Gasteiger partial charge in [0.15, 0.2) is 0 Å². The van der Waals surface area contributed by atoms with Crippen molar-refractivity contribution in [1.29, 1.82) is 0 Å². The number of ether oxygens (including phenoxy) is 2. The maximum atomic E-state index is 12.4. The Kier molecular flexibility index (Phi) is 13.0. The Hall–Kier alpha value is -1.56. The van der Waals surface area contributed by atoms with Gasteiger partial charge in [-0.3, -0.25) is 9.59 Å². The molecule has 0 radical (unpaired) electrons. The molecule has 0 unspecified atom stereocenters. The third-order valence-corrected chi connectivity index (χ3v) is 8.12. The predicted octanol–water partition coefficient (Wildman–Crippen LogP) is 6.50. The molecule has 5 nitrogen and oxygen atoms in total. The van der Waals surface area contributed by atoms with Gasteiger partial charge in [-0.1, -0.05) is 90.8 Å². The van der Waals surface area contributed by atoms with Crippen LogP contribution < -0.4 is 5.38 Å². The number of furan rings is 1. The van der Waals surface area contributed by atoms with Gasteiger partial charge in [0.25, 0.3) is 0 Å². The van der Waals surface area contributed by atoms with Crippen LogP contribution in [0, 0.1) is 0 Å². The highest BCUT2D eigenvalue weighted by atomic mass is 28.3. The molecule has 0 aromatic carbocycles. The molecule has 184 valence electrons. The molecule has 1 aromatic heterocycles. The summed E-state index contributed by atoms with van der Waals surface area (Å²) in [6, 6.07) is 2.06. The Morgan fingerprint density at radius 1 is 0.844 bits per heavy atom. The quantitative estimate of drug-likeness (QED) is 0.149. The van der Waals surface area contributed by atoms with E-state index in [9.17, 15) is 9.59 Å². The van der Waals surface area contributed by atoms with Gasteiger partial charge in [-0.05, 0) is 18.1 Å². The lowest BCUT2D eigenvalue weighted by atomic mass is 9.72. The normalized spacial score (nSPS) is 12.1. The summed E-state index contributed by atoms with van der Waals surface area (Å²) >= 11 is 0. The number of methoxy groups -OCH3 is 2. The summed E-state index contributed by atoms with van der Waals surface area (Å²) in [4.78, 5) is 24.7. The van der Waals surface area contributed by atoms with Crippen LogP contribution in [0.25, 0.3) is 0 Å². The maximum absolute atomic E-state index is 12.4. The highest BCUT2D eigenvalue weighted by Gasteiger charge is 2.39. The first kappa shape index (κ1) is 28.5. The number of hydrogen-bond donors (Lipinski definition) is 0. The molecule has 1 rings (SSSR count). The summed E-state index contributed by atoms with van der Waals surface area (Å²) in [6.45, 7) is 8.91. The second-order valence-corrected chi connectivity index (χ2v) is 15.2. The number of unbranched alkanes of at least 4 members (excludes halogenated alkanes) is 9. The Labute approximate surface area is 196 Å². The van der Waals surface area contributed by atoms with Crippen molar-refractivity contribution in [1.82, 2.24) is 0 Å². The van der Waals surface area contributed by atoms with Crippen LogP contribution in [0.4, 0.5) is 0 Å². The van der Waals surface area contributed by atoms with Gasteiger partial charge in [-0.2, -0.15) is 0 Å². The molecule has 6 heteroatoms. The first-order valence-corrected chi connectivity index (χ1v) is 15.9. The number of carbonyl (C=O) groups is 2. The first-order chi connectivity index (χ1) is 15.2. The molecule has 0 aliphatic rings. The van der Waals surface area contributed by atoms with Crippen molar-refractivity contribution in [2.75, 3.05) is 14.2 Å². The third kappa shape index (κ3) is 9.93. The fourth-order valence-corrected chi connectivity index (χ4v) is 5.24. The standard InChI is InChI=1S/C26H46O5Si/c1-7-8-9-10-11-12-13-14-15-16-17-26(19-23(27)29-2,20-24(28)30-3)22-18-25(31-21-22)32(4,5)6/h18,21H,7-17,19-20H2,1-6H3. The number of hydrogen-bond acceptors (Lipinski definition) is 5. The zero-order valence-electron chi connectivity index (χ0n) is 21.4. The number of rotatable bonds is 17. The molecule has 0 bridgehead atoms. The van der Waals surface area contributed by atoms with Crippen molar-refractivity contribution in [2.24, 2.45) is 0 Å². The highest BCUT2D eigenvalue weighted by molar-refractivity contribution is 6.87. The van der Waals surface area contributed by atoms with Gasteiger partial charge < -0.3 is 13.9 Å². The largest absolute Gasteiger partial charge is 0.474 e. The molecule has 1 heterocycles. The van der Waals surface area contributed by atoms with Crippen LogP contribution in [0.3, 0.4) is 0 Å². The summed E-state index contributed by atoms with van der Waals surface area (Å²) in [5.74, 6) is -0.617. The van der Waals surface area contributed by atoms with E-state index >= 15 is 0 Å². The minimum Gasteiger partial charge on any atom is -0.474 e. The van der Waals surface area contributed by atoms with Crippen molar-refractivity contribution < 1.29 is 23.5 Å². The molecule has 0 N–H and O–H groups in total. The van der Waals surface area contributed by atoms with Crippen molar-refractivity contribution >= 4 is 25.4 Å². The molecule has 0 aliphatic carbocycles. The monoisotopic (exact) mass is 466 g/mol. The van der Waals surface area contributed by atoms with E-state index in [0.717, 1.165) is 30.2 Å². The molecule has 32 heavy (non-hydrogen) atoms. The predicted molar refractivity (Wildman–Crippen MR) is 133 cm³/mol. The van der Waals surface area contributed by atoms with Crippen LogP contribution in [0.1, 0.15) is 96.0 Å². The Morgan fingerprint density at radius 2 is 1.31 bits per heavy atom. The molecule has 0 fully saturated rings. The minimum absolute atomic E-state index is 0.153. The van der Waals surface area contributed by atoms with E-state index in [2.05, 4.69) is 32.6 Å². The molecule has 0 aliphatic heterocycles. The molecule has 0 spiro atoms. The lowest BCUT2D eigenvalue weighted by molar-refractivity contribution is -0.145. The second kappa shape index (κ2) is 14.6. The molecule has 0 saturated heterocycles. The van der Waals surface area contributed by atoms with Crippen molar-refractivity contribution in [2.45, 2.75) is 115 Å². The van der Waals surface area contributed by atoms with Crippen LogP contribution in [-0.2, 0) is 24.5 Å². The number of esters is 2. The van der Waals surface area contributed by atoms with Crippen molar-refractivity contribution in [3.05, 3.63) is 17.9 Å². The fourth-order valence-electron chi connectivity index (χ4n) is 4.24. The summed E-state index contributed by atoms with van der Waals surface area (Å²) in [5.41, 5.74) is 0.267. The van der Waals surface area contributed by atoms with Crippen LogP contribution >= 0.6 is 0 Å². The molecule has 0 amide bonds. The molecule has 0 saturated carbocycles. The van der Waals surface area contributed by atoms with Crippen LogP contribution in [-0.4, -0.2) is 34.2 Å². The van der Waals surface area contributed by atoms with Crippen LogP contribution in [0.15, 0.2) is 16.7 Å². The summed E-state index contributed by atoms with van der Waals surface area (Å²) in [6.07, 6.45) is 15.2. The summed E-state index contributed by atoms with van der Waals surface area (Å²) in [7, 11) is 1.14. The molecule has 1 aromatic rings. The Morgan fingerprint density at radius 3 is 1.72 bits per heavy atom. The molecule has 0 atom stereocenters. The third-order valence-electron chi connectivity index (χ3n) is 6.38. The van der Waals surface area contributed by atoms with E-state index in [-0.39, 0.29) is 24.8 Å². The second-order valence-electron chi connectivity index (χ2n) is 10.2. The van der Waals surface area contributed by atoms with Gasteiger partial charge in [-0.25, -0.2) is 0 Å². The van der Waals surface area contributed by atoms with Crippen LogP contribution in [0.2, 0.25) is 19.6 Å². The van der Waals surface area contributed by atoms with Gasteiger partial charge in [0, 0.05) is 5.41 Å². The van der Waals surface area contributed by atoms with Gasteiger partial charge in [0.1, 0.15) is 8.07 Å². The average Bonchev–Trinajstić information content (AvgIpc) is 3.26. The van der Waals surface area contributed by atoms with E-state index in [4.69, 9.17) is 13.9 Å². The lowest BCUT2D eigenvalue weighted by Crippen LogP contribution is -2.37. The Balaban J connectivity index is 2.83. The zero-order chi connectivity index (χ0) is 24.0. The molecular weight excluding hydrogens is 420 g/mol. The topological polar surface area (TPSA) is 65.7 Å². The fraction of sp³-hybridized carbons (Fsp3) is 0.769. The van der Waals surface area contributed by atoms with E-state index in [1.54, 1.807) is 6.26 Å². The average molecular weight is 467 g/mol. The van der Waals surface area contributed by atoms with E-state index in [1.165, 1.54) is 65.6 Å². The summed E-state index contributed by atoms with van der Waals surface area (Å²) < 4.78 is 15.9. The van der Waals surface area contributed by atoms with Gasteiger partial charge in [0.2, 0.25) is 0 Å². The van der Waals surface area contributed by atoms with Crippen molar-refractivity contribution in [3.8, 4) is 0 Å². The zero-order valence-corrected chi connectivity index (χ0v) is 22.4. The van der Waals surface area contributed by atoms with E-state index in [0.29, 0.717) is 0 Å². The van der Waals surface area contributed by atoms with E-state index in [1.807, 2.05) is 0 Å².